The molecule has 1 aliphatic heterocycles. The number of hydrogen-bond donors (Lipinski definition) is 2. The molecule has 0 bridgehead atoms. The van der Waals surface area contributed by atoms with Gasteiger partial charge in [-0.25, -0.2) is 0 Å². The molecule has 0 spiro atoms. The van der Waals surface area contributed by atoms with Crippen LogP contribution in [0.2, 0.25) is 5.15 Å². The highest BCUT2D eigenvalue weighted by molar-refractivity contribution is 6.32. The molecule has 0 aliphatic carbocycles. The summed E-state index contributed by atoms with van der Waals surface area (Å²) >= 11 is 6.10. The third kappa shape index (κ3) is 3.85. The molecule has 1 aliphatic rings. The number of carbonyl (C=O) groups is 1. The molecule has 7 nitrogen and oxygen atoms in total. The number of anilines is 1. The second kappa shape index (κ2) is 8.02. The van der Waals surface area contributed by atoms with Gasteiger partial charge in [0.25, 0.3) is 5.56 Å². The van der Waals surface area contributed by atoms with Crippen molar-refractivity contribution in [3.63, 3.8) is 0 Å². The fraction of sp³-hybridized carbons (Fsp3) is 0.174. The lowest BCUT2D eigenvalue weighted by molar-refractivity contribution is -0.133. The number of H-pyrrole nitrogens is 1. The zero-order valence-electron chi connectivity index (χ0n) is 16.5. The lowest BCUT2D eigenvalue weighted by Crippen LogP contribution is -2.38. The third-order valence-corrected chi connectivity index (χ3v) is 5.73. The topological polar surface area (TPSA) is 89.0 Å². The first-order chi connectivity index (χ1) is 15.1. The van der Waals surface area contributed by atoms with E-state index in [1.807, 2.05) is 48.5 Å². The van der Waals surface area contributed by atoms with Gasteiger partial charge in [-0.3, -0.25) is 14.7 Å². The summed E-state index contributed by atoms with van der Waals surface area (Å²) in [5.41, 5.74) is 3.24. The summed E-state index contributed by atoms with van der Waals surface area (Å²) in [5, 5.41) is 11.4. The first-order valence-electron chi connectivity index (χ1n) is 9.89. The SMILES string of the molecule is O=C(Nc1cccc(Cn2ccc3cc(-c4c[nH]nc4Cl)ccc3c2=O)c1)C1COC1. The molecule has 3 heterocycles. The fourth-order valence-corrected chi connectivity index (χ4v) is 3.84. The Labute approximate surface area is 182 Å². The second-order valence-corrected chi connectivity index (χ2v) is 7.92. The van der Waals surface area contributed by atoms with E-state index in [0.717, 1.165) is 22.1 Å². The molecule has 2 aromatic heterocycles. The zero-order valence-corrected chi connectivity index (χ0v) is 17.2. The van der Waals surface area contributed by atoms with Crippen LogP contribution in [0.25, 0.3) is 21.9 Å². The van der Waals surface area contributed by atoms with Gasteiger partial charge in [-0.15, -0.1) is 0 Å². The molecule has 0 radical (unpaired) electrons. The predicted octanol–water partition coefficient (Wildman–Crippen LogP) is 3.68. The summed E-state index contributed by atoms with van der Waals surface area (Å²) in [6, 6.07) is 15.0. The second-order valence-electron chi connectivity index (χ2n) is 7.56. The van der Waals surface area contributed by atoms with Gasteiger partial charge >= 0.3 is 0 Å². The molecule has 156 valence electrons. The zero-order chi connectivity index (χ0) is 21.4. The number of nitrogens with one attached hydrogen (secondary N) is 2. The van der Waals surface area contributed by atoms with E-state index in [1.165, 1.54) is 0 Å². The van der Waals surface area contributed by atoms with E-state index >= 15 is 0 Å². The number of benzene rings is 2. The Morgan fingerprint density at radius 2 is 2.10 bits per heavy atom. The number of ether oxygens (including phenoxy) is 1. The van der Waals surface area contributed by atoms with Crippen molar-refractivity contribution in [1.82, 2.24) is 14.8 Å². The van der Waals surface area contributed by atoms with Crippen LogP contribution in [0.15, 0.2) is 65.7 Å². The molecule has 1 saturated heterocycles. The van der Waals surface area contributed by atoms with Crippen LogP contribution in [0.4, 0.5) is 5.69 Å². The van der Waals surface area contributed by atoms with Crippen LogP contribution in [-0.2, 0) is 16.1 Å². The van der Waals surface area contributed by atoms with E-state index in [-0.39, 0.29) is 17.4 Å². The Kier molecular flexibility index (Phi) is 5.05. The van der Waals surface area contributed by atoms with Gasteiger partial charge in [-0.05, 0) is 46.8 Å². The van der Waals surface area contributed by atoms with E-state index in [9.17, 15) is 9.59 Å². The van der Waals surface area contributed by atoms with Crippen molar-refractivity contribution >= 4 is 34.0 Å². The van der Waals surface area contributed by atoms with Gasteiger partial charge in [0.1, 0.15) is 0 Å². The molecular formula is C23H19ClN4O3. The monoisotopic (exact) mass is 434 g/mol. The molecule has 2 N–H and O–H groups in total. The van der Waals surface area contributed by atoms with Crippen LogP contribution >= 0.6 is 11.6 Å². The highest BCUT2D eigenvalue weighted by Gasteiger charge is 2.26. The highest BCUT2D eigenvalue weighted by atomic mass is 35.5. The lowest BCUT2D eigenvalue weighted by Gasteiger charge is -2.24. The molecule has 0 atom stereocenters. The number of aromatic amines is 1. The van der Waals surface area contributed by atoms with Gasteiger partial charge in [0, 0.05) is 29.0 Å². The van der Waals surface area contributed by atoms with Crippen LogP contribution < -0.4 is 10.9 Å². The van der Waals surface area contributed by atoms with E-state index < -0.39 is 0 Å². The molecule has 0 unspecified atom stereocenters. The molecule has 8 heteroatoms. The number of aromatic nitrogens is 3. The van der Waals surface area contributed by atoms with Crippen molar-refractivity contribution in [2.45, 2.75) is 6.54 Å². The van der Waals surface area contributed by atoms with Crippen molar-refractivity contribution < 1.29 is 9.53 Å². The van der Waals surface area contributed by atoms with E-state index in [2.05, 4.69) is 15.5 Å². The first kappa shape index (κ1) is 19.5. The number of rotatable bonds is 5. The molecule has 5 rings (SSSR count). The molecule has 4 aromatic rings. The molecule has 0 saturated carbocycles. The summed E-state index contributed by atoms with van der Waals surface area (Å²) in [4.78, 5) is 25.2. The maximum atomic E-state index is 13.0. The number of nitrogens with zero attached hydrogens (tertiary/aromatic N) is 2. The Bertz CT molecular complexity index is 1340. The number of halogens is 1. The number of pyridine rings is 1. The number of amides is 1. The Hall–Kier alpha value is -3.42. The molecule has 2 aromatic carbocycles. The van der Waals surface area contributed by atoms with Crippen molar-refractivity contribution in [2.75, 3.05) is 18.5 Å². The van der Waals surface area contributed by atoms with Gasteiger partial charge in [0.05, 0.1) is 25.7 Å². The van der Waals surface area contributed by atoms with Gasteiger partial charge < -0.3 is 14.6 Å². The predicted molar refractivity (Wildman–Crippen MR) is 119 cm³/mol. The minimum atomic E-state index is -0.0893. The number of fused-ring (bicyclic) bond motifs is 1. The maximum Gasteiger partial charge on any atom is 0.258 e. The summed E-state index contributed by atoms with van der Waals surface area (Å²) < 4.78 is 6.73. The van der Waals surface area contributed by atoms with E-state index in [0.29, 0.717) is 36.0 Å². The maximum absolute atomic E-state index is 13.0. The van der Waals surface area contributed by atoms with Gasteiger partial charge in [0.15, 0.2) is 5.15 Å². The van der Waals surface area contributed by atoms with Crippen molar-refractivity contribution in [2.24, 2.45) is 5.92 Å². The van der Waals surface area contributed by atoms with E-state index in [4.69, 9.17) is 16.3 Å². The minimum Gasteiger partial charge on any atom is -0.380 e. The number of carbonyl (C=O) groups excluding carboxylic acids is 1. The Morgan fingerprint density at radius 1 is 1.23 bits per heavy atom. The van der Waals surface area contributed by atoms with Crippen LogP contribution in [0.5, 0.6) is 0 Å². The van der Waals surface area contributed by atoms with Crippen LogP contribution in [0.1, 0.15) is 5.56 Å². The summed E-state index contributed by atoms with van der Waals surface area (Å²) in [6.07, 6.45) is 3.51. The largest absolute Gasteiger partial charge is 0.380 e. The molecule has 1 fully saturated rings. The molecule has 31 heavy (non-hydrogen) atoms. The number of hydrogen-bond acceptors (Lipinski definition) is 4. The lowest BCUT2D eigenvalue weighted by atomic mass is 10.0. The summed E-state index contributed by atoms with van der Waals surface area (Å²) in [5.74, 6) is -0.131. The molecule has 1 amide bonds. The van der Waals surface area contributed by atoms with Crippen LogP contribution in [-0.4, -0.2) is 33.9 Å². The average Bonchev–Trinajstić information content (AvgIpc) is 3.15. The summed E-state index contributed by atoms with van der Waals surface area (Å²) in [7, 11) is 0. The van der Waals surface area contributed by atoms with Crippen LogP contribution in [0, 0.1) is 5.92 Å². The Morgan fingerprint density at radius 3 is 2.84 bits per heavy atom. The van der Waals surface area contributed by atoms with Gasteiger partial charge in [-0.2, -0.15) is 5.10 Å². The quantitative estimate of drug-likeness (QED) is 0.501. The third-order valence-electron chi connectivity index (χ3n) is 5.44. The smallest absolute Gasteiger partial charge is 0.258 e. The standard InChI is InChI=1S/C23H19ClN4O3/c24-21-20(10-25-27-21)15-4-5-19-16(9-15)6-7-28(23(19)30)11-14-2-1-3-18(8-14)26-22(29)17-12-31-13-17/h1-10,17H,11-13H2,(H,25,27)(H,26,29). The van der Waals surface area contributed by atoms with E-state index in [1.54, 1.807) is 17.0 Å². The van der Waals surface area contributed by atoms with Crippen LogP contribution in [0.3, 0.4) is 0 Å². The normalized spacial score (nSPS) is 13.8. The van der Waals surface area contributed by atoms with Gasteiger partial charge in [-0.1, -0.05) is 29.8 Å². The summed E-state index contributed by atoms with van der Waals surface area (Å²) in [6.45, 7) is 1.33. The average molecular weight is 435 g/mol. The van der Waals surface area contributed by atoms with Crippen molar-refractivity contribution in [3.05, 3.63) is 82.0 Å². The minimum absolute atomic E-state index is 0.0418. The fourth-order valence-electron chi connectivity index (χ4n) is 3.63. The molecular weight excluding hydrogens is 416 g/mol. The van der Waals surface area contributed by atoms with Crippen molar-refractivity contribution in [3.8, 4) is 11.1 Å². The highest BCUT2D eigenvalue weighted by Crippen LogP contribution is 2.27. The first-order valence-corrected chi connectivity index (χ1v) is 10.3. The van der Waals surface area contributed by atoms with Gasteiger partial charge in [0.2, 0.25) is 5.91 Å². The Balaban J connectivity index is 1.40. The van der Waals surface area contributed by atoms with Crippen molar-refractivity contribution in [1.29, 1.82) is 0 Å².